The Kier molecular flexibility index (Phi) is 7.62. The summed E-state index contributed by atoms with van der Waals surface area (Å²) in [5.41, 5.74) is 1.22. The summed E-state index contributed by atoms with van der Waals surface area (Å²) in [6, 6.07) is 11.1. The number of nitrogens with one attached hydrogen (secondary N) is 1. The Labute approximate surface area is 207 Å². The Hall–Kier alpha value is -3.81. The van der Waals surface area contributed by atoms with E-state index in [0.29, 0.717) is 24.5 Å². The van der Waals surface area contributed by atoms with Gasteiger partial charge in [-0.05, 0) is 43.2 Å². The molecule has 2 aromatic rings. The van der Waals surface area contributed by atoms with Gasteiger partial charge in [-0.25, -0.2) is 4.79 Å². The molecule has 2 N–H and O–H groups in total. The van der Waals surface area contributed by atoms with Crippen LogP contribution in [0.2, 0.25) is 6.82 Å². The summed E-state index contributed by atoms with van der Waals surface area (Å²) >= 11 is 0. The van der Waals surface area contributed by atoms with E-state index in [1.807, 2.05) is 0 Å². The highest BCUT2D eigenvalue weighted by atomic mass is 16.6. The summed E-state index contributed by atoms with van der Waals surface area (Å²) in [5, 5.41) is 23.8. The number of amides is 2. The summed E-state index contributed by atoms with van der Waals surface area (Å²) in [6.07, 6.45) is -0.497. The van der Waals surface area contributed by atoms with Gasteiger partial charge in [0.25, 0.3) is 11.6 Å². The number of anilines is 2. The van der Waals surface area contributed by atoms with Gasteiger partial charge in [0.15, 0.2) is 0 Å². The topological polar surface area (TPSA) is 152 Å². The maximum Gasteiger partial charge on any atom is 0.377 e. The molecule has 0 aromatic heterocycles. The second kappa shape index (κ2) is 10.9. The second-order valence-corrected chi connectivity index (χ2v) is 8.55. The number of hydrogen-bond acceptors (Lipinski definition) is 9. The molecule has 188 valence electrons. The van der Waals surface area contributed by atoms with Crippen LogP contribution in [-0.2, 0) is 19.1 Å². The summed E-state index contributed by atoms with van der Waals surface area (Å²) in [4.78, 5) is 50.9. The number of nitrogens with zero attached hydrogens (tertiary/aromatic N) is 3. The van der Waals surface area contributed by atoms with Crippen molar-refractivity contribution in [1.82, 2.24) is 4.81 Å². The van der Waals surface area contributed by atoms with Crippen molar-refractivity contribution < 1.29 is 33.8 Å². The number of nitro benzene ring substituents is 1. The van der Waals surface area contributed by atoms with Crippen LogP contribution in [0.25, 0.3) is 0 Å². The predicted octanol–water partition coefficient (Wildman–Crippen LogP) is 1.31. The molecule has 13 heteroatoms. The van der Waals surface area contributed by atoms with Crippen molar-refractivity contribution in [1.29, 1.82) is 0 Å². The van der Waals surface area contributed by atoms with Crippen LogP contribution in [-0.4, -0.2) is 78.0 Å². The van der Waals surface area contributed by atoms with E-state index in [0.717, 1.165) is 0 Å². The first-order valence-electron chi connectivity index (χ1n) is 11.4. The summed E-state index contributed by atoms with van der Waals surface area (Å²) in [5.74, 6) is -1.18. The van der Waals surface area contributed by atoms with E-state index in [9.17, 15) is 29.5 Å². The molecule has 36 heavy (non-hydrogen) atoms. The molecule has 0 radical (unpaired) electrons. The van der Waals surface area contributed by atoms with E-state index in [1.54, 1.807) is 29.2 Å². The van der Waals surface area contributed by atoms with Gasteiger partial charge in [0, 0.05) is 43.0 Å². The van der Waals surface area contributed by atoms with Gasteiger partial charge in [-0.15, -0.1) is 0 Å². The Morgan fingerprint density at radius 2 is 1.89 bits per heavy atom. The van der Waals surface area contributed by atoms with E-state index >= 15 is 0 Å². The molecule has 2 aromatic carbocycles. The number of esters is 1. The molecule has 2 aliphatic heterocycles. The lowest BCUT2D eigenvalue weighted by atomic mass is 9.84. The van der Waals surface area contributed by atoms with Gasteiger partial charge >= 0.3 is 13.0 Å². The lowest BCUT2D eigenvalue weighted by Crippen LogP contribution is -2.47. The number of nitro groups is 1. The van der Waals surface area contributed by atoms with Crippen LogP contribution in [0.1, 0.15) is 16.8 Å². The first-order chi connectivity index (χ1) is 17.2. The normalized spacial score (nSPS) is 20.2. The molecule has 0 aliphatic carbocycles. The molecule has 2 fully saturated rings. The third-order valence-electron chi connectivity index (χ3n) is 6.10. The Bertz CT molecular complexity index is 1140. The van der Waals surface area contributed by atoms with Gasteiger partial charge in [-0.2, -0.15) is 0 Å². The SMILES string of the molecule is CB(O)N1C[C@@H](OC(=O)c2ccc([N+](=O)[O-])cc2)C[C@@H]1C(=O)Nc1ccc(N2CCOCC2=O)cc1. The largest absolute Gasteiger partial charge is 0.457 e. The molecule has 0 unspecified atom stereocenters. The minimum absolute atomic E-state index is 0.0330. The van der Waals surface area contributed by atoms with Crippen LogP contribution in [0.4, 0.5) is 17.1 Å². The van der Waals surface area contributed by atoms with Crippen LogP contribution >= 0.6 is 0 Å². The summed E-state index contributed by atoms with van der Waals surface area (Å²) in [7, 11) is -0.960. The Balaban J connectivity index is 1.38. The minimum Gasteiger partial charge on any atom is -0.457 e. The fourth-order valence-corrected chi connectivity index (χ4v) is 4.26. The van der Waals surface area contributed by atoms with Gasteiger partial charge in [-0.3, -0.25) is 19.7 Å². The molecule has 2 heterocycles. The van der Waals surface area contributed by atoms with Crippen LogP contribution in [0.3, 0.4) is 0 Å². The Morgan fingerprint density at radius 3 is 2.50 bits per heavy atom. The van der Waals surface area contributed by atoms with Crippen molar-refractivity contribution >= 4 is 41.9 Å². The summed E-state index contributed by atoms with van der Waals surface area (Å²) in [6.45, 7) is 2.61. The number of hydrogen-bond donors (Lipinski definition) is 2. The molecular weight excluding hydrogens is 471 g/mol. The van der Waals surface area contributed by atoms with Crippen LogP contribution in [0, 0.1) is 10.1 Å². The van der Waals surface area contributed by atoms with Crippen molar-refractivity contribution in [3.8, 4) is 0 Å². The van der Waals surface area contributed by atoms with Crippen molar-refractivity contribution in [3.05, 3.63) is 64.2 Å². The number of rotatable bonds is 7. The number of morpholine rings is 1. The lowest BCUT2D eigenvalue weighted by molar-refractivity contribution is -0.384. The van der Waals surface area contributed by atoms with Crippen molar-refractivity contribution in [2.75, 3.05) is 36.5 Å². The van der Waals surface area contributed by atoms with Crippen LogP contribution in [0.15, 0.2) is 48.5 Å². The monoisotopic (exact) mass is 496 g/mol. The predicted molar refractivity (Wildman–Crippen MR) is 129 cm³/mol. The molecule has 2 aliphatic rings. The van der Waals surface area contributed by atoms with Crippen molar-refractivity contribution in [2.45, 2.75) is 25.4 Å². The smallest absolute Gasteiger partial charge is 0.377 e. The number of non-ortho nitro benzene ring substituents is 1. The van der Waals surface area contributed by atoms with Gasteiger partial charge in [0.05, 0.1) is 23.1 Å². The maximum atomic E-state index is 13.0. The van der Waals surface area contributed by atoms with Crippen LogP contribution in [0.5, 0.6) is 0 Å². The molecule has 2 atom stereocenters. The van der Waals surface area contributed by atoms with Crippen molar-refractivity contribution in [2.24, 2.45) is 0 Å². The highest BCUT2D eigenvalue weighted by Crippen LogP contribution is 2.25. The molecule has 2 saturated heterocycles. The zero-order valence-electron chi connectivity index (χ0n) is 19.5. The summed E-state index contributed by atoms with van der Waals surface area (Å²) < 4.78 is 10.7. The van der Waals surface area contributed by atoms with E-state index in [1.165, 1.54) is 35.9 Å². The average Bonchev–Trinajstić information content (AvgIpc) is 3.29. The quantitative estimate of drug-likeness (QED) is 0.250. The van der Waals surface area contributed by atoms with Gasteiger partial charge in [0.1, 0.15) is 12.7 Å². The second-order valence-electron chi connectivity index (χ2n) is 8.55. The van der Waals surface area contributed by atoms with E-state index in [2.05, 4.69) is 5.32 Å². The molecular formula is C23H25BN4O8. The average molecular weight is 496 g/mol. The van der Waals surface area contributed by atoms with Crippen molar-refractivity contribution in [3.63, 3.8) is 0 Å². The first kappa shape index (κ1) is 25.3. The third-order valence-corrected chi connectivity index (χ3v) is 6.10. The van der Waals surface area contributed by atoms with Gasteiger partial charge in [-0.1, -0.05) is 0 Å². The third kappa shape index (κ3) is 5.70. The molecule has 4 rings (SSSR count). The molecule has 0 spiro atoms. The fourth-order valence-electron chi connectivity index (χ4n) is 4.26. The van der Waals surface area contributed by atoms with Gasteiger partial charge in [0.2, 0.25) is 5.91 Å². The molecule has 12 nitrogen and oxygen atoms in total. The van der Waals surface area contributed by atoms with Gasteiger partial charge < -0.3 is 29.5 Å². The number of benzene rings is 2. The number of carbonyl (C=O) groups is 3. The first-order valence-corrected chi connectivity index (χ1v) is 11.4. The number of ether oxygens (including phenoxy) is 2. The van der Waals surface area contributed by atoms with E-state index < -0.39 is 30.1 Å². The maximum absolute atomic E-state index is 13.0. The van der Waals surface area contributed by atoms with E-state index in [-0.39, 0.29) is 42.6 Å². The fraction of sp³-hybridized carbons (Fsp3) is 0.348. The number of carbonyl (C=O) groups excluding carboxylic acids is 3. The highest BCUT2D eigenvalue weighted by molar-refractivity contribution is 6.46. The zero-order valence-corrected chi connectivity index (χ0v) is 19.5. The van der Waals surface area contributed by atoms with E-state index in [4.69, 9.17) is 9.47 Å². The molecule has 0 bridgehead atoms. The van der Waals surface area contributed by atoms with Crippen LogP contribution < -0.4 is 10.2 Å². The minimum atomic E-state index is -0.960. The standard InChI is InChI=1S/C23H25BN4O8/c1-24(32)27-13-19(36-23(31)15-2-6-18(7-3-15)28(33)34)12-20(27)22(30)25-16-4-8-17(9-5-16)26-10-11-35-14-21(26)29/h2-9,19-20,32H,10-14H2,1H3,(H,25,30)/t19-,20+/m0/s1. The Morgan fingerprint density at radius 1 is 1.19 bits per heavy atom. The highest BCUT2D eigenvalue weighted by Gasteiger charge is 2.42. The zero-order chi connectivity index (χ0) is 25.8. The molecule has 0 saturated carbocycles. The lowest BCUT2D eigenvalue weighted by Gasteiger charge is -2.27. The molecule has 2 amide bonds.